The van der Waals surface area contributed by atoms with Crippen molar-refractivity contribution in [2.75, 3.05) is 20.0 Å². The van der Waals surface area contributed by atoms with Gasteiger partial charge in [-0.3, -0.25) is 4.79 Å². The molecule has 0 aliphatic heterocycles. The number of carbonyl (C=O) groups excluding carboxylic acids is 1. The number of pyridine rings is 1. The number of ether oxygens (including phenoxy) is 2. The number of ketones is 1. The lowest BCUT2D eigenvalue weighted by Gasteiger charge is -2.35. The summed E-state index contributed by atoms with van der Waals surface area (Å²) in [6, 6.07) is 15.3. The van der Waals surface area contributed by atoms with Crippen molar-refractivity contribution in [3.05, 3.63) is 70.2 Å². The highest BCUT2D eigenvalue weighted by molar-refractivity contribution is 7.21. The topological polar surface area (TPSA) is 74.4 Å². The van der Waals surface area contributed by atoms with Crippen LogP contribution in [0.5, 0.6) is 11.5 Å². The van der Waals surface area contributed by atoms with Gasteiger partial charge in [0.1, 0.15) is 21.2 Å². The Morgan fingerprint density at radius 3 is 2.19 bits per heavy atom. The van der Waals surface area contributed by atoms with Crippen LogP contribution in [0, 0.1) is 11.3 Å². The largest absolute Gasteiger partial charge is 0.497 e. The lowest BCUT2D eigenvalue weighted by molar-refractivity contribution is 0.104. The number of anilines is 1. The molecule has 0 spiro atoms. The van der Waals surface area contributed by atoms with Crippen LogP contribution >= 0.6 is 11.3 Å². The molecule has 0 radical (unpaired) electrons. The van der Waals surface area contributed by atoms with Gasteiger partial charge in [0.05, 0.1) is 19.9 Å². The summed E-state index contributed by atoms with van der Waals surface area (Å²) in [4.78, 5) is 20.0. The first-order chi connectivity index (χ1) is 17.2. The average molecular weight is 501 g/mol. The molecule has 4 aromatic rings. The number of hydrogen-bond acceptors (Lipinski definition) is 6. The maximum atomic E-state index is 13.5. The maximum absolute atomic E-state index is 13.5. The Hall–Kier alpha value is -3.38. The summed E-state index contributed by atoms with van der Waals surface area (Å²) in [6.45, 7) is 6.94. The van der Waals surface area contributed by atoms with E-state index in [0.29, 0.717) is 27.8 Å². The number of thiophene rings is 1. The van der Waals surface area contributed by atoms with E-state index in [1.54, 1.807) is 38.5 Å². The standard InChI is InChI=1S/C30H32N2O3S/c1-30(2,3)19-10-15-23-22(16-19)24(17-6-11-20(34-4)12-7-17)25-26(31)28(36-29(25)32-23)27(33)18-8-13-21(35-5)14-9-18/h6-9,11-14,19H,10,15-16,31H2,1-5H3/t19-/m1/s1. The second-order valence-corrected chi connectivity index (χ2v) is 11.5. The third-order valence-corrected chi connectivity index (χ3v) is 8.50. The molecule has 0 saturated heterocycles. The zero-order chi connectivity index (χ0) is 25.6. The van der Waals surface area contributed by atoms with Crippen LogP contribution in [0.15, 0.2) is 48.5 Å². The van der Waals surface area contributed by atoms with Gasteiger partial charge in [-0.25, -0.2) is 4.98 Å². The molecule has 6 heteroatoms. The van der Waals surface area contributed by atoms with Crippen molar-refractivity contribution in [3.8, 4) is 22.6 Å². The quantitative estimate of drug-likeness (QED) is 0.300. The van der Waals surface area contributed by atoms with Crippen LogP contribution in [-0.2, 0) is 12.8 Å². The summed E-state index contributed by atoms with van der Waals surface area (Å²) in [7, 11) is 3.28. The fourth-order valence-electron chi connectivity index (χ4n) is 5.18. The highest BCUT2D eigenvalue weighted by atomic mass is 32.1. The Labute approximate surface area is 216 Å². The molecule has 0 saturated carbocycles. The molecule has 2 N–H and O–H groups in total. The second kappa shape index (κ2) is 9.25. The summed E-state index contributed by atoms with van der Waals surface area (Å²) in [6.07, 6.45) is 2.98. The number of methoxy groups -OCH3 is 2. The van der Waals surface area contributed by atoms with Crippen molar-refractivity contribution >= 4 is 33.0 Å². The van der Waals surface area contributed by atoms with Crippen molar-refractivity contribution < 1.29 is 14.3 Å². The van der Waals surface area contributed by atoms with E-state index in [1.165, 1.54) is 16.9 Å². The lowest BCUT2D eigenvalue weighted by atomic mass is 9.70. The summed E-state index contributed by atoms with van der Waals surface area (Å²) in [5.41, 5.74) is 12.6. The molecule has 186 valence electrons. The SMILES string of the molecule is COc1ccc(C(=O)c2sc3nc4c(c(-c5ccc(OC)cc5)c3c2N)C[C@H](C(C)(C)C)CC4)cc1. The van der Waals surface area contributed by atoms with Crippen molar-refractivity contribution in [3.63, 3.8) is 0 Å². The fourth-order valence-corrected chi connectivity index (χ4v) is 6.27. The van der Waals surface area contributed by atoms with Crippen LogP contribution in [0.3, 0.4) is 0 Å². The average Bonchev–Trinajstić information content (AvgIpc) is 3.21. The van der Waals surface area contributed by atoms with Crippen LogP contribution in [0.2, 0.25) is 0 Å². The number of nitrogen functional groups attached to an aromatic ring is 1. The molecule has 5 nitrogen and oxygen atoms in total. The monoisotopic (exact) mass is 500 g/mol. The maximum Gasteiger partial charge on any atom is 0.205 e. The van der Waals surface area contributed by atoms with Gasteiger partial charge in [0.2, 0.25) is 5.78 Å². The number of nitrogens with two attached hydrogens (primary N) is 1. The first kappa shape index (κ1) is 24.3. The van der Waals surface area contributed by atoms with Gasteiger partial charge in [-0.05, 0) is 83.7 Å². The van der Waals surface area contributed by atoms with Gasteiger partial charge >= 0.3 is 0 Å². The molecule has 0 fully saturated rings. The van der Waals surface area contributed by atoms with E-state index in [1.807, 2.05) is 12.1 Å². The van der Waals surface area contributed by atoms with Gasteiger partial charge in [0.25, 0.3) is 0 Å². The van der Waals surface area contributed by atoms with E-state index in [4.69, 9.17) is 20.2 Å². The number of hydrogen-bond donors (Lipinski definition) is 1. The summed E-state index contributed by atoms with van der Waals surface area (Å²) >= 11 is 1.39. The lowest BCUT2D eigenvalue weighted by Crippen LogP contribution is -2.27. The van der Waals surface area contributed by atoms with Gasteiger partial charge in [-0.1, -0.05) is 32.9 Å². The molecule has 1 atom stereocenters. The van der Waals surface area contributed by atoms with Gasteiger partial charge in [0, 0.05) is 16.6 Å². The number of rotatable bonds is 5. The first-order valence-corrected chi connectivity index (χ1v) is 13.1. The molecule has 1 aliphatic carbocycles. The van der Waals surface area contributed by atoms with Gasteiger partial charge < -0.3 is 15.2 Å². The highest BCUT2D eigenvalue weighted by Crippen LogP contribution is 2.47. The number of aromatic nitrogens is 1. The highest BCUT2D eigenvalue weighted by Gasteiger charge is 2.33. The molecule has 0 amide bonds. The molecular formula is C30H32N2O3S. The Morgan fingerprint density at radius 2 is 1.61 bits per heavy atom. The van der Waals surface area contributed by atoms with Crippen molar-refractivity contribution in [2.45, 2.75) is 40.0 Å². The van der Waals surface area contributed by atoms with Crippen molar-refractivity contribution in [1.82, 2.24) is 4.98 Å². The van der Waals surface area contributed by atoms with Gasteiger partial charge in [0.15, 0.2) is 0 Å². The molecule has 0 bridgehead atoms. The van der Waals surface area contributed by atoms with E-state index >= 15 is 0 Å². The molecule has 5 rings (SSSR count). The fraction of sp³-hybridized carbons (Fsp3) is 0.333. The first-order valence-electron chi connectivity index (χ1n) is 12.3. The van der Waals surface area contributed by atoms with Crippen LogP contribution in [-0.4, -0.2) is 25.0 Å². The summed E-state index contributed by atoms with van der Waals surface area (Å²) in [5.74, 6) is 1.96. The van der Waals surface area contributed by atoms with E-state index in [9.17, 15) is 4.79 Å². The zero-order valence-electron chi connectivity index (χ0n) is 21.5. The Balaban J connectivity index is 1.71. The Bertz CT molecular complexity index is 1430. The van der Waals surface area contributed by atoms with Crippen LogP contribution in [0.25, 0.3) is 21.3 Å². The third kappa shape index (κ3) is 4.24. The van der Waals surface area contributed by atoms with Gasteiger partial charge in [-0.15, -0.1) is 11.3 Å². The van der Waals surface area contributed by atoms with E-state index in [0.717, 1.165) is 52.0 Å². The second-order valence-electron chi connectivity index (χ2n) is 10.5. The van der Waals surface area contributed by atoms with E-state index in [-0.39, 0.29) is 11.2 Å². The third-order valence-electron chi connectivity index (χ3n) is 7.41. The minimum absolute atomic E-state index is 0.0932. The number of aryl methyl sites for hydroxylation is 1. The number of benzene rings is 2. The van der Waals surface area contributed by atoms with Gasteiger partial charge in [-0.2, -0.15) is 0 Å². The van der Waals surface area contributed by atoms with Crippen molar-refractivity contribution in [1.29, 1.82) is 0 Å². The molecule has 36 heavy (non-hydrogen) atoms. The molecular weight excluding hydrogens is 468 g/mol. The van der Waals surface area contributed by atoms with Crippen molar-refractivity contribution in [2.24, 2.45) is 11.3 Å². The predicted molar refractivity (Wildman–Crippen MR) is 147 cm³/mol. The van der Waals surface area contributed by atoms with E-state index in [2.05, 4.69) is 32.9 Å². The Kier molecular flexibility index (Phi) is 6.25. The number of nitrogens with zero attached hydrogens (tertiary/aromatic N) is 1. The Morgan fingerprint density at radius 1 is 1.00 bits per heavy atom. The number of carbonyl (C=O) groups is 1. The van der Waals surface area contributed by atoms with E-state index < -0.39 is 0 Å². The van der Waals surface area contributed by atoms with Crippen LogP contribution in [0.4, 0.5) is 5.69 Å². The minimum atomic E-state index is -0.0932. The zero-order valence-corrected chi connectivity index (χ0v) is 22.3. The summed E-state index contributed by atoms with van der Waals surface area (Å²) < 4.78 is 10.6. The summed E-state index contributed by atoms with van der Waals surface area (Å²) in [5, 5.41) is 0.885. The molecule has 0 unspecified atom stereocenters. The molecule has 2 heterocycles. The van der Waals surface area contributed by atoms with Crippen LogP contribution in [0.1, 0.15) is 53.7 Å². The molecule has 1 aliphatic rings. The smallest absolute Gasteiger partial charge is 0.205 e. The normalized spacial score (nSPS) is 15.5. The predicted octanol–water partition coefficient (Wildman–Crippen LogP) is 6.94. The minimum Gasteiger partial charge on any atom is -0.497 e. The van der Waals surface area contributed by atoms with Crippen LogP contribution < -0.4 is 15.2 Å². The molecule has 2 aromatic carbocycles. The number of fused-ring (bicyclic) bond motifs is 2. The molecule has 2 aromatic heterocycles.